The molecular weight excluding hydrogens is 366 g/mol. The van der Waals surface area contributed by atoms with E-state index in [-0.39, 0.29) is 0 Å². The standard InChI is InChI=1S/C24H33NO2S/c1-4-22-21(15-20(28-22)14-16(2)3)23(17-8-6-5-7-9-17)25-19-12-10-18(11-13-19)24(26)27/h10-13,15-17,23,25H,4-9,14H2,1-3H3,(H,26,27). The van der Waals surface area contributed by atoms with E-state index in [4.69, 9.17) is 5.11 Å². The second-order valence-electron chi connectivity index (χ2n) is 8.45. The van der Waals surface area contributed by atoms with Gasteiger partial charge in [0.25, 0.3) is 0 Å². The number of hydrogen-bond acceptors (Lipinski definition) is 3. The van der Waals surface area contributed by atoms with Gasteiger partial charge in [0.2, 0.25) is 0 Å². The van der Waals surface area contributed by atoms with Crippen LogP contribution < -0.4 is 5.32 Å². The van der Waals surface area contributed by atoms with Crippen LogP contribution in [0.4, 0.5) is 5.69 Å². The van der Waals surface area contributed by atoms with Crippen molar-refractivity contribution in [1.82, 2.24) is 0 Å². The minimum absolute atomic E-state index is 0.308. The summed E-state index contributed by atoms with van der Waals surface area (Å²) in [6.45, 7) is 6.83. The molecule has 1 heterocycles. The number of benzene rings is 1. The zero-order chi connectivity index (χ0) is 20.1. The van der Waals surface area contributed by atoms with Crippen LogP contribution in [0, 0.1) is 11.8 Å². The van der Waals surface area contributed by atoms with E-state index < -0.39 is 5.97 Å². The van der Waals surface area contributed by atoms with Gasteiger partial charge in [-0.2, -0.15) is 0 Å². The molecule has 1 saturated carbocycles. The van der Waals surface area contributed by atoms with E-state index >= 15 is 0 Å². The van der Waals surface area contributed by atoms with Gasteiger partial charge in [-0.1, -0.05) is 40.0 Å². The maximum atomic E-state index is 11.2. The molecule has 0 spiro atoms. The summed E-state index contributed by atoms with van der Waals surface area (Å²) in [6, 6.07) is 9.96. The molecule has 3 nitrogen and oxygen atoms in total. The fraction of sp³-hybridized carbons (Fsp3) is 0.542. The molecule has 0 bridgehead atoms. The largest absolute Gasteiger partial charge is 0.478 e. The van der Waals surface area contributed by atoms with E-state index in [0.717, 1.165) is 18.5 Å². The number of hydrogen-bond donors (Lipinski definition) is 2. The van der Waals surface area contributed by atoms with E-state index in [1.807, 2.05) is 23.5 Å². The molecule has 0 aliphatic heterocycles. The minimum atomic E-state index is -0.875. The maximum absolute atomic E-state index is 11.2. The highest BCUT2D eigenvalue weighted by Gasteiger charge is 2.28. The van der Waals surface area contributed by atoms with Crippen molar-refractivity contribution in [2.24, 2.45) is 11.8 Å². The van der Waals surface area contributed by atoms with Gasteiger partial charge in [-0.05, 0) is 73.4 Å². The Morgan fingerprint density at radius 3 is 2.43 bits per heavy atom. The summed E-state index contributed by atoms with van der Waals surface area (Å²) >= 11 is 1.98. The molecule has 1 fully saturated rings. The normalized spacial score (nSPS) is 16.3. The van der Waals surface area contributed by atoms with E-state index in [9.17, 15) is 4.79 Å². The van der Waals surface area contributed by atoms with Crippen LogP contribution in [0.5, 0.6) is 0 Å². The van der Waals surface area contributed by atoms with Crippen LogP contribution in [0.3, 0.4) is 0 Å². The quantitative estimate of drug-likeness (QED) is 0.505. The lowest BCUT2D eigenvalue weighted by atomic mass is 9.80. The first-order valence-corrected chi connectivity index (χ1v) is 11.5. The number of carboxylic acids is 1. The average molecular weight is 400 g/mol. The van der Waals surface area contributed by atoms with Crippen LogP contribution in [-0.4, -0.2) is 11.1 Å². The van der Waals surface area contributed by atoms with Crippen molar-refractivity contribution in [1.29, 1.82) is 0 Å². The van der Waals surface area contributed by atoms with Crippen LogP contribution in [-0.2, 0) is 12.8 Å². The first kappa shape index (κ1) is 20.9. The number of anilines is 1. The van der Waals surface area contributed by atoms with Gasteiger partial charge in [-0.25, -0.2) is 4.79 Å². The highest BCUT2D eigenvalue weighted by molar-refractivity contribution is 7.12. The van der Waals surface area contributed by atoms with Gasteiger partial charge in [0.1, 0.15) is 0 Å². The topological polar surface area (TPSA) is 49.3 Å². The highest BCUT2D eigenvalue weighted by Crippen LogP contribution is 2.41. The van der Waals surface area contributed by atoms with Crippen molar-refractivity contribution >= 4 is 23.0 Å². The van der Waals surface area contributed by atoms with Gasteiger partial charge >= 0.3 is 5.97 Å². The molecule has 1 atom stereocenters. The third-order valence-corrected chi connectivity index (χ3v) is 7.05. The van der Waals surface area contributed by atoms with Gasteiger partial charge in [0, 0.05) is 15.4 Å². The highest BCUT2D eigenvalue weighted by atomic mass is 32.1. The lowest BCUT2D eigenvalue weighted by Crippen LogP contribution is -2.23. The predicted octanol–water partition coefficient (Wildman–Crippen LogP) is 6.94. The summed E-state index contributed by atoms with van der Waals surface area (Å²) < 4.78 is 0. The molecule has 1 aromatic heterocycles. The third kappa shape index (κ3) is 5.16. The molecule has 4 heteroatoms. The Morgan fingerprint density at radius 2 is 1.86 bits per heavy atom. The number of thiophene rings is 1. The number of carboxylic acid groups (broad SMARTS) is 1. The van der Waals surface area contributed by atoms with Crippen LogP contribution in [0.1, 0.15) is 84.6 Å². The molecule has 2 aromatic rings. The molecule has 3 rings (SSSR count). The van der Waals surface area contributed by atoms with Crippen LogP contribution >= 0.6 is 11.3 Å². The average Bonchev–Trinajstić information content (AvgIpc) is 3.09. The van der Waals surface area contributed by atoms with Gasteiger partial charge < -0.3 is 10.4 Å². The Hall–Kier alpha value is -1.81. The monoisotopic (exact) mass is 399 g/mol. The maximum Gasteiger partial charge on any atom is 0.335 e. The summed E-state index contributed by atoms with van der Waals surface area (Å²) in [6.07, 6.45) is 8.71. The van der Waals surface area contributed by atoms with Crippen molar-refractivity contribution in [3.05, 3.63) is 51.2 Å². The lowest BCUT2D eigenvalue weighted by Gasteiger charge is -2.32. The summed E-state index contributed by atoms with van der Waals surface area (Å²) in [4.78, 5) is 14.2. The van der Waals surface area contributed by atoms with Crippen LogP contribution in [0.25, 0.3) is 0 Å². The van der Waals surface area contributed by atoms with E-state index in [1.54, 1.807) is 12.1 Å². The first-order valence-electron chi connectivity index (χ1n) is 10.7. The summed E-state index contributed by atoms with van der Waals surface area (Å²) in [5.74, 6) is 0.431. The molecule has 2 N–H and O–H groups in total. The summed E-state index contributed by atoms with van der Waals surface area (Å²) in [7, 11) is 0. The number of aromatic carboxylic acids is 1. The van der Waals surface area contributed by atoms with Crippen molar-refractivity contribution in [2.75, 3.05) is 5.32 Å². The van der Waals surface area contributed by atoms with Crippen molar-refractivity contribution in [3.63, 3.8) is 0 Å². The summed E-state index contributed by atoms with van der Waals surface area (Å²) in [5.41, 5.74) is 2.82. The molecule has 0 amide bonds. The number of carbonyl (C=O) groups is 1. The molecule has 152 valence electrons. The second kappa shape index (κ2) is 9.60. The van der Waals surface area contributed by atoms with E-state index in [0.29, 0.717) is 23.4 Å². The smallest absolute Gasteiger partial charge is 0.335 e. The Kier molecular flexibility index (Phi) is 7.17. The van der Waals surface area contributed by atoms with E-state index in [2.05, 4.69) is 32.2 Å². The lowest BCUT2D eigenvalue weighted by molar-refractivity contribution is 0.0697. The molecular formula is C24H33NO2S. The number of aryl methyl sites for hydroxylation is 1. The Labute approximate surface area is 173 Å². The molecule has 1 aliphatic rings. The molecule has 1 aliphatic carbocycles. The zero-order valence-corrected chi connectivity index (χ0v) is 18.1. The minimum Gasteiger partial charge on any atom is -0.478 e. The predicted molar refractivity (Wildman–Crippen MR) is 119 cm³/mol. The Morgan fingerprint density at radius 1 is 1.18 bits per heavy atom. The SMILES string of the molecule is CCc1sc(CC(C)C)cc1C(Nc1ccc(C(=O)O)cc1)C1CCCCC1. The van der Waals surface area contributed by atoms with E-state index in [1.165, 1.54) is 47.4 Å². The van der Waals surface area contributed by atoms with Crippen LogP contribution in [0.15, 0.2) is 30.3 Å². The zero-order valence-electron chi connectivity index (χ0n) is 17.3. The first-order chi connectivity index (χ1) is 13.5. The van der Waals surface area contributed by atoms with Crippen molar-refractivity contribution in [3.8, 4) is 0 Å². The molecule has 0 radical (unpaired) electrons. The second-order valence-corrected chi connectivity index (χ2v) is 9.67. The third-order valence-electron chi connectivity index (χ3n) is 5.73. The van der Waals surface area contributed by atoms with Crippen LogP contribution in [0.2, 0.25) is 0 Å². The Bertz CT molecular complexity index is 772. The summed E-state index contributed by atoms with van der Waals surface area (Å²) in [5, 5.41) is 12.9. The van der Waals surface area contributed by atoms with Gasteiger partial charge in [0.15, 0.2) is 0 Å². The fourth-order valence-electron chi connectivity index (χ4n) is 4.35. The number of nitrogens with one attached hydrogen (secondary N) is 1. The Balaban J connectivity index is 1.90. The number of rotatable bonds is 8. The van der Waals surface area contributed by atoms with Crippen molar-refractivity contribution in [2.45, 2.75) is 71.8 Å². The molecule has 1 aromatic carbocycles. The fourth-order valence-corrected chi connectivity index (χ4v) is 5.72. The van der Waals surface area contributed by atoms with Gasteiger partial charge in [-0.15, -0.1) is 11.3 Å². The van der Waals surface area contributed by atoms with Crippen molar-refractivity contribution < 1.29 is 9.90 Å². The molecule has 28 heavy (non-hydrogen) atoms. The molecule has 1 unspecified atom stereocenters. The van der Waals surface area contributed by atoms with Gasteiger partial charge in [-0.3, -0.25) is 0 Å². The molecule has 0 saturated heterocycles. The van der Waals surface area contributed by atoms with Gasteiger partial charge in [0.05, 0.1) is 11.6 Å².